The lowest BCUT2D eigenvalue weighted by Gasteiger charge is -2.18. The molecule has 1 aromatic rings. The molecule has 0 aliphatic heterocycles. The minimum absolute atomic E-state index is 0.174. The second kappa shape index (κ2) is 4.98. The third-order valence-corrected chi connectivity index (χ3v) is 3.69. The lowest BCUT2D eigenvalue weighted by Crippen LogP contribution is -2.28. The van der Waals surface area contributed by atoms with E-state index in [0.717, 1.165) is 24.3 Å². The highest BCUT2D eigenvalue weighted by atomic mass is 16.5. The molecule has 0 amide bonds. The number of hydrogen-bond acceptors (Lipinski definition) is 4. The number of ether oxygens (including phenoxy) is 2. The van der Waals surface area contributed by atoms with Gasteiger partial charge < -0.3 is 14.8 Å². The number of carbonyl (C=O) groups is 1. The van der Waals surface area contributed by atoms with Gasteiger partial charge in [-0.1, -0.05) is 18.2 Å². The van der Waals surface area contributed by atoms with Crippen LogP contribution in [0.25, 0.3) is 0 Å². The van der Waals surface area contributed by atoms with Gasteiger partial charge in [0.1, 0.15) is 11.2 Å². The van der Waals surface area contributed by atoms with Gasteiger partial charge in [0.2, 0.25) is 0 Å². The van der Waals surface area contributed by atoms with E-state index in [0.29, 0.717) is 0 Å². The fraction of sp³-hybridized carbons (Fsp3) is 0.500. The van der Waals surface area contributed by atoms with Gasteiger partial charge in [0, 0.05) is 5.56 Å². The second-order valence-electron chi connectivity index (χ2n) is 4.62. The Bertz CT molecular complexity index is 446. The van der Waals surface area contributed by atoms with Gasteiger partial charge in [-0.25, -0.2) is 0 Å². The molecule has 2 atom stereocenters. The number of hydrogen-bond donors (Lipinski definition) is 1. The molecule has 98 valence electrons. The van der Waals surface area contributed by atoms with E-state index >= 15 is 0 Å². The molecule has 1 saturated carbocycles. The smallest absolute Gasteiger partial charge is 0.316 e. The molecule has 18 heavy (non-hydrogen) atoms. The van der Waals surface area contributed by atoms with E-state index in [-0.39, 0.29) is 11.9 Å². The Labute approximate surface area is 107 Å². The normalized spacial score (nSPS) is 25.6. The van der Waals surface area contributed by atoms with Crippen LogP contribution in [0.1, 0.15) is 12.0 Å². The lowest BCUT2D eigenvalue weighted by atomic mass is 9.92. The summed E-state index contributed by atoms with van der Waals surface area (Å²) < 4.78 is 10.4. The number of benzene rings is 1. The minimum Gasteiger partial charge on any atom is -0.496 e. The van der Waals surface area contributed by atoms with E-state index in [9.17, 15) is 4.79 Å². The summed E-state index contributed by atoms with van der Waals surface area (Å²) in [5.41, 5.74) is 0.393. The van der Waals surface area contributed by atoms with Gasteiger partial charge in [-0.15, -0.1) is 0 Å². The maximum absolute atomic E-state index is 12.1. The fourth-order valence-electron chi connectivity index (χ4n) is 2.71. The van der Waals surface area contributed by atoms with Gasteiger partial charge in [-0.05, 0) is 32.0 Å². The molecular weight excluding hydrogens is 230 g/mol. The molecule has 1 aliphatic rings. The van der Waals surface area contributed by atoms with Crippen LogP contribution in [-0.4, -0.2) is 33.8 Å². The summed E-state index contributed by atoms with van der Waals surface area (Å²) in [4.78, 5) is 12.1. The van der Waals surface area contributed by atoms with Gasteiger partial charge in [0.25, 0.3) is 0 Å². The Kier molecular flexibility index (Phi) is 3.57. The third-order valence-electron chi connectivity index (χ3n) is 3.69. The van der Waals surface area contributed by atoms with Gasteiger partial charge in [-0.3, -0.25) is 4.79 Å². The van der Waals surface area contributed by atoms with Crippen LogP contribution in [0.2, 0.25) is 0 Å². The van der Waals surface area contributed by atoms with E-state index in [4.69, 9.17) is 9.47 Å². The SMILES string of the molecule is CNC[C@H]1C[C@@]1(C(=O)OC)c1ccccc1OC. The van der Waals surface area contributed by atoms with Crippen LogP contribution in [0.4, 0.5) is 0 Å². The van der Waals surface area contributed by atoms with Gasteiger partial charge in [0.15, 0.2) is 0 Å². The first kappa shape index (κ1) is 12.9. The van der Waals surface area contributed by atoms with Crippen LogP contribution in [0.15, 0.2) is 24.3 Å². The van der Waals surface area contributed by atoms with E-state index in [1.165, 1.54) is 7.11 Å². The van der Waals surface area contributed by atoms with Crippen molar-refractivity contribution in [3.05, 3.63) is 29.8 Å². The molecule has 0 radical (unpaired) electrons. The molecule has 1 fully saturated rings. The van der Waals surface area contributed by atoms with Crippen molar-refractivity contribution in [1.29, 1.82) is 0 Å². The summed E-state index contributed by atoms with van der Waals surface area (Å²) in [5, 5.41) is 3.12. The maximum Gasteiger partial charge on any atom is 0.316 e. The number of methoxy groups -OCH3 is 2. The van der Waals surface area contributed by atoms with Crippen molar-refractivity contribution in [2.45, 2.75) is 11.8 Å². The summed E-state index contributed by atoms with van der Waals surface area (Å²) >= 11 is 0. The molecule has 0 saturated heterocycles. The van der Waals surface area contributed by atoms with E-state index in [2.05, 4.69) is 5.32 Å². The summed E-state index contributed by atoms with van der Waals surface area (Å²) in [5.74, 6) is 0.847. The van der Waals surface area contributed by atoms with Crippen LogP contribution < -0.4 is 10.1 Å². The molecule has 0 unspecified atom stereocenters. The maximum atomic E-state index is 12.1. The minimum atomic E-state index is -0.537. The average Bonchev–Trinajstić information content (AvgIpc) is 3.13. The quantitative estimate of drug-likeness (QED) is 0.800. The average molecular weight is 249 g/mol. The van der Waals surface area contributed by atoms with Crippen molar-refractivity contribution in [2.75, 3.05) is 27.8 Å². The highest BCUT2D eigenvalue weighted by Gasteiger charge is 2.62. The fourth-order valence-corrected chi connectivity index (χ4v) is 2.71. The van der Waals surface area contributed by atoms with Crippen molar-refractivity contribution in [2.24, 2.45) is 5.92 Å². The van der Waals surface area contributed by atoms with Gasteiger partial charge in [-0.2, -0.15) is 0 Å². The molecule has 0 aromatic heterocycles. The Morgan fingerprint density at radius 3 is 2.78 bits per heavy atom. The van der Waals surface area contributed by atoms with Crippen LogP contribution >= 0.6 is 0 Å². The molecule has 2 rings (SSSR count). The van der Waals surface area contributed by atoms with Gasteiger partial charge in [0.05, 0.1) is 14.2 Å². The lowest BCUT2D eigenvalue weighted by molar-refractivity contribution is -0.144. The highest BCUT2D eigenvalue weighted by Crippen LogP contribution is 2.57. The zero-order chi connectivity index (χ0) is 13.2. The first-order chi connectivity index (χ1) is 8.70. The first-order valence-corrected chi connectivity index (χ1v) is 6.07. The van der Waals surface area contributed by atoms with Crippen molar-refractivity contribution in [3.8, 4) is 5.75 Å². The van der Waals surface area contributed by atoms with Crippen LogP contribution in [0.5, 0.6) is 5.75 Å². The van der Waals surface area contributed by atoms with Crippen molar-refractivity contribution in [1.82, 2.24) is 5.32 Å². The van der Waals surface area contributed by atoms with Crippen molar-refractivity contribution >= 4 is 5.97 Å². The van der Waals surface area contributed by atoms with Crippen LogP contribution in [-0.2, 0) is 14.9 Å². The van der Waals surface area contributed by atoms with Crippen molar-refractivity contribution < 1.29 is 14.3 Å². The Morgan fingerprint density at radius 2 is 2.17 bits per heavy atom. The topological polar surface area (TPSA) is 47.6 Å². The summed E-state index contributed by atoms with van der Waals surface area (Å²) in [6, 6.07) is 7.67. The highest BCUT2D eigenvalue weighted by molar-refractivity contribution is 5.88. The Hall–Kier alpha value is -1.55. The zero-order valence-electron chi connectivity index (χ0n) is 11.0. The molecule has 4 heteroatoms. The Balaban J connectivity index is 2.40. The van der Waals surface area contributed by atoms with Crippen LogP contribution in [0.3, 0.4) is 0 Å². The summed E-state index contributed by atoms with van der Waals surface area (Å²) in [7, 11) is 4.95. The standard InChI is InChI=1S/C14H19NO3/c1-15-9-10-8-14(10,13(16)18-3)11-6-4-5-7-12(11)17-2/h4-7,10,15H,8-9H2,1-3H3/t10-,14+/m1/s1. The van der Waals surface area contributed by atoms with Crippen molar-refractivity contribution in [3.63, 3.8) is 0 Å². The summed E-state index contributed by atoms with van der Waals surface area (Å²) in [6.45, 7) is 0.799. The number of para-hydroxylation sites is 1. The molecular formula is C14H19NO3. The van der Waals surface area contributed by atoms with Crippen LogP contribution in [0, 0.1) is 5.92 Å². The molecule has 1 aromatic carbocycles. The third kappa shape index (κ3) is 1.86. The zero-order valence-corrected chi connectivity index (χ0v) is 11.0. The summed E-state index contributed by atoms with van der Waals surface area (Å²) in [6.07, 6.45) is 0.806. The first-order valence-electron chi connectivity index (χ1n) is 6.07. The van der Waals surface area contributed by atoms with E-state index in [1.54, 1.807) is 7.11 Å². The molecule has 0 bridgehead atoms. The number of carbonyl (C=O) groups excluding carboxylic acids is 1. The van der Waals surface area contributed by atoms with E-state index in [1.807, 2.05) is 31.3 Å². The molecule has 1 aliphatic carbocycles. The molecule has 4 nitrogen and oxygen atoms in total. The largest absolute Gasteiger partial charge is 0.496 e. The monoisotopic (exact) mass is 249 g/mol. The number of esters is 1. The number of rotatable bonds is 5. The number of nitrogens with one attached hydrogen (secondary N) is 1. The molecule has 0 spiro atoms. The predicted molar refractivity (Wildman–Crippen MR) is 68.7 cm³/mol. The second-order valence-corrected chi connectivity index (χ2v) is 4.62. The van der Waals surface area contributed by atoms with Gasteiger partial charge >= 0.3 is 5.97 Å². The molecule has 0 heterocycles. The van der Waals surface area contributed by atoms with E-state index < -0.39 is 5.41 Å². The predicted octanol–water partition coefficient (Wildman–Crippen LogP) is 1.35. The Morgan fingerprint density at radius 1 is 1.44 bits per heavy atom. The molecule has 1 N–H and O–H groups in total.